The van der Waals surface area contributed by atoms with Crippen LogP contribution >= 0.6 is 11.6 Å². The van der Waals surface area contributed by atoms with E-state index in [9.17, 15) is 22.4 Å². The van der Waals surface area contributed by atoms with Gasteiger partial charge in [0.25, 0.3) is 10.0 Å². The van der Waals surface area contributed by atoms with Crippen molar-refractivity contribution in [2.45, 2.75) is 44.2 Å². The number of hydrogen-bond acceptors (Lipinski definition) is 6. The third kappa shape index (κ3) is 7.51. The van der Waals surface area contributed by atoms with E-state index in [1.165, 1.54) is 35.2 Å². The van der Waals surface area contributed by atoms with Gasteiger partial charge in [0, 0.05) is 24.2 Å². The van der Waals surface area contributed by atoms with Crippen LogP contribution < -0.4 is 19.1 Å². The molecule has 0 aromatic heterocycles. The Labute approximate surface area is 250 Å². The number of amides is 2. The summed E-state index contributed by atoms with van der Waals surface area (Å²) in [6.45, 7) is 4.01. The molecule has 3 aromatic carbocycles. The van der Waals surface area contributed by atoms with Gasteiger partial charge in [-0.3, -0.25) is 13.9 Å². The molecular formula is C30H33ClFN3O6S. The lowest BCUT2D eigenvalue weighted by molar-refractivity contribution is -0.139. The summed E-state index contributed by atoms with van der Waals surface area (Å²) in [6.07, 6.45) is 1.65. The molecule has 0 saturated carbocycles. The van der Waals surface area contributed by atoms with Crippen molar-refractivity contribution < 1.29 is 31.9 Å². The first-order valence-electron chi connectivity index (χ1n) is 13.6. The molecule has 1 heterocycles. The molecule has 1 aliphatic rings. The molecule has 12 heteroatoms. The smallest absolute Gasteiger partial charge is 0.264 e. The van der Waals surface area contributed by atoms with Crippen molar-refractivity contribution in [2.75, 3.05) is 30.6 Å². The molecule has 0 saturated heterocycles. The highest BCUT2D eigenvalue weighted by molar-refractivity contribution is 7.92. The molecule has 4 rings (SSSR count). The van der Waals surface area contributed by atoms with E-state index in [0.29, 0.717) is 29.5 Å². The number of rotatable bonds is 12. The molecule has 0 fully saturated rings. The Kier molecular flexibility index (Phi) is 10.3. The number of unbranched alkanes of at least 4 members (excludes halogenated alkanes) is 1. The van der Waals surface area contributed by atoms with Crippen LogP contribution in [0, 0.1) is 5.82 Å². The highest BCUT2D eigenvalue weighted by Crippen LogP contribution is 2.34. The van der Waals surface area contributed by atoms with Gasteiger partial charge in [0.05, 0.1) is 10.6 Å². The summed E-state index contributed by atoms with van der Waals surface area (Å²) >= 11 is 6.03. The minimum absolute atomic E-state index is 0.0275. The van der Waals surface area contributed by atoms with Gasteiger partial charge in [-0.05, 0) is 67.4 Å². The fourth-order valence-corrected chi connectivity index (χ4v) is 5.91. The number of nitrogens with one attached hydrogen (secondary N) is 1. The second-order valence-electron chi connectivity index (χ2n) is 9.76. The maximum absolute atomic E-state index is 14.0. The van der Waals surface area contributed by atoms with Crippen LogP contribution in [0.25, 0.3) is 0 Å². The summed E-state index contributed by atoms with van der Waals surface area (Å²) in [7, 11) is -4.36. The summed E-state index contributed by atoms with van der Waals surface area (Å²) in [5.74, 6) is -0.901. The number of halogens is 2. The van der Waals surface area contributed by atoms with Gasteiger partial charge in [-0.1, -0.05) is 37.1 Å². The molecule has 1 N–H and O–H groups in total. The monoisotopic (exact) mass is 617 g/mol. The van der Waals surface area contributed by atoms with Crippen LogP contribution in [-0.4, -0.2) is 57.5 Å². The Bertz CT molecular complexity index is 1500. The second-order valence-corrected chi connectivity index (χ2v) is 12.1. The first-order valence-corrected chi connectivity index (χ1v) is 15.4. The predicted molar refractivity (Wildman–Crippen MR) is 158 cm³/mol. The lowest BCUT2D eigenvalue weighted by atomic mass is 10.1. The van der Waals surface area contributed by atoms with Crippen molar-refractivity contribution >= 4 is 39.1 Å². The van der Waals surface area contributed by atoms with Gasteiger partial charge in [-0.15, -0.1) is 0 Å². The van der Waals surface area contributed by atoms with Gasteiger partial charge in [0.1, 0.15) is 31.6 Å². The van der Waals surface area contributed by atoms with Crippen molar-refractivity contribution in [3.63, 3.8) is 0 Å². The first kappa shape index (κ1) is 31.1. The zero-order chi connectivity index (χ0) is 30.3. The lowest BCUT2D eigenvalue weighted by Gasteiger charge is -2.32. The van der Waals surface area contributed by atoms with Gasteiger partial charge in [0.2, 0.25) is 11.8 Å². The van der Waals surface area contributed by atoms with Crippen LogP contribution in [0.2, 0.25) is 5.02 Å². The van der Waals surface area contributed by atoms with Crippen molar-refractivity contribution in [3.8, 4) is 11.5 Å². The Morgan fingerprint density at radius 1 is 1.00 bits per heavy atom. The standard InChI is InChI=1S/C30H33ClFN3O6S/c1-3-4-15-33-30(37)21(2)34(19-22-5-7-23(31)8-6-22)29(36)20-35(25-11-9-24(32)10-12-25)42(38,39)26-13-14-27-28(18-26)41-17-16-40-27/h5-14,18,21H,3-4,15-17,19-20H2,1-2H3,(H,33,37). The van der Waals surface area contributed by atoms with E-state index in [0.717, 1.165) is 29.3 Å². The van der Waals surface area contributed by atoms with Crippen molar-refractivity contribution in [1.29, 1.82) is 0 Å². The van der Waals surface area contributed by atoms with Crippen LogP contribution in [0.5, 0.6) is 11.5 Å². The molecule has 9 nitrogen and oxygen atoms in total. The number of carbonyl (C=O) groups excluding carboxylic acids is 2. The average Bonchev–Trinajstić information content (AvgIpc) is 2.99. The molecule has 42 heavy (non-hydrogen) atoms. The van der Waals surface area contributed by atoms with E-state index in [2.05, 4.69) is 5.32 Å². The molecule has 0 radical (unpaired) electrons. The minimum Gasteiger partial charge on any atom is -0.486 e. The molecule has 224 valence electrons. The van der Waals surface area contributed by atoms with Gasteiger partial charge in [-0.25, -0.2) is 12.8 Å². The van der Waals surface area contributed by atoms with Crippen LogP contribution in [0.4, 0.5) is 10.1 Å². The fraction of sp³-hybridized carbons (Fsp3) is 0.333. The predicted octanol–water partition coefficient (Wildman–Crippen LogP) is 4.78. The Morgan fingerprint density at radius 3 is 2.33 bits per heavy atom. The third-order valence-electron chi connectivity index (χ3n) is 6.76. The lowest BCUT2D eigenvalue weighted by Crippen LogP contribution is -2.51. The molecule has 1 aliphatic heterocycles. The number of benzene rings is 3. The Morgan fingerprint density at radius 2 is 1.67 bits per heavy atom. The number of fused-ring (bicyclic) bond motifs is 1. The number of hydrogen-bond donors (Lipinski definition) is 1. The van der Waals surface area contributed by atoms with Crippen molar-refractivity contribution in [3.05, 3.63) is 83.1 Å². The maximum atomic E-state index is 14.0. The quantitative estimate of drug-likeness (QED) is 0.293. The highest BCUT2D eigenvalue weighted by atomic mass is 35.5. The zero-order valence-corrected chi connectivity index (χ0v) is 25.0. The molecule has 0 spiro atoms. The van der Waals surface area contributed by atoms with Gasteiger partial charge >= 0.3 is 0 Å². The summed E-state index contributed by atoms with van der Waals surface area (Å²) < 4.78 is 53.8. The molecule has 0 aliphatic carbocycles. The molecule has 0 bridgehead atoms. The summed E-state index contributed by atoms with van der Waals surface area (Å²) in [4.78, 5) is 28.2. The number of carbonyl (C=O) groups is 2. The number of sulfonamides is 1. The fourth-order valence-electron chi connectivity index (χ4n) is 4.35. The van der Waals surface area contributed by atoms with Crippen LogP contribution in [-0.2, 0) is 26.2 Å². The average molecular weight is 618 g/mol. The van der Waals surface area contributed by atoms with E-state index in [1.807, 2.05) is 6.92 Å². The van der Waals surface area contributed by atoms with Crippen molar-refractivity contribution in [2.24, 2.45) is 0 Å². The Hall–Kier alpha value is -3.83. The normalized spacial score (nSPS) is 13.2. The van der Waals surface area contributed by atoms with Crippen LogP contribution in [0.3, 0.4) is 0 Å². The SMILES string of the molecule is CCCCNC(=O)C(C)N(Cc1ccc(Cl)cc1)C(=O)CN(c1ccc(F)cc1)S(=O)(=O)c1ccc2c(c1)OCCO2. The van der Waals surface area contributed by atoms with Crippen LogP contribution in [0.1, 0.15) is 32.3 Å². The summed E-state index contributed by atoms with van der Waals surface area (Å²) in [5.41, 5.74) is 0.773. The number of anilines is 1. The zero-order valence-electron chi connectivity index (χ0n) is 23.4. The third-order valence-corrected chi connectivity index (χ3v) is 8.78. The first-order chi connectivity index (χ1) is 20.1. The largest absolute Gasteiger partial charge is 0.486 e. The molecule has 3 aromatic rings. The van der Waals surface area contributed by atoms with E-state index in [-0.39, 0.29) is 35.4 Å². The van der Waals surface area contributed by atoms with E-state index in [4.69, 9.17) is 21.1 Å². The summed E-state index contributed by atoms with van der Waals surface area (Å²) in [6, 6.07) is 14.8. The molecular weight excluding hydrogens is 585 g/mol. The van der Waals surface area contributed by atoms with E-state index in [1.54, 1.807) is 31.2 Å². The molecule has 1 unspecified atom stereocenters. The molecule has 2 amide bonds. The minimum atomic E-state index is -4.36. The Balaban J connectivity index is 1.69. The number of nitrogens with zero attached hydrogens (tertiary/aromatic N) is 2. The summed E-state index contributed by atoms with van der Waals surface area (Å²) in [5, 5.41) is 3.35. The maximum Gasteiger partial charge on any atom is 0.264 e. The van der Waals surface area contributed by atoms with Gasteiger partial charge in [-0.2, -0.15) is 0 Å². The molecule has 1 atom stereocenters. The van der Waals surface area contributed by atoms with Gasteiger partial charge in [0.15, 0.2) is 11.5 Å². The van der Waals surface area contributed by atoms with Crippen LogP contribution in [0.15, 0.2) is 71.6 Å². The second kappa shape index (κ2) is 13.9. The number of ether oxygens (including phenoxy) is 2. The van der Waals surface area contributed by atoms with Crippen molar-refractivity contribution in [1.82, 2.24) is 10.2 Å². The van der Waals surface area contributed by atoms with Gasteiger partial charge < -0.3 is 19.7 Å². The van der Waals surface area contributed by atoms with E-state index < -0.39 is 34.3 Å². The highest BCUT2D eigenvalue weighted by Gasteiger charge is 2.33. The topological polar surface area (TPSA) is 105 Å². The van der Waals surface area contributed by atoms with E-state index >= 15 is 0 Å².